The SMILES string of the molecule is CC1=C(OC(=O)OCC(F)(F)F)C(c2ccccc2C(F)(F)F)c2c(N)nc(N)nc2N1. The number of carbonyl (C=O) groups is 1. The van der Waals surface area contributed by atoms with Crippen LogP contribution in [0.1, 0.15) is 29.5 Å². The van der Waals surface area contributed by atoms with Crippen LogP contribution in [0.4, 0.5) is 48.7 Å². The van der Waals surface area contributed by atoms with Gasteiger partial charge in [-0.1, -0.05) is 18.2 Å². The van der Waals surface area contributed by atoms with Crippen molar-refractivity contribution in [1.82, 2.24) is 9.97 Å². The van der Waals surface area contributed by atoms with Gasteiger partial charge < -0.3 is 26.3 Å². The Morgan fingerprint density at radius 2 is 1.78 bits per heavy atom. The average Bonchev–Trinajstić information content (AvgIpc) is 2.66. The second-order valence-corrected chi connectivity index (χ2v) is 6.62. The molecule has 2 heterocycles. The Labute approximate surface area is 176 Å². The van der Waals surface area contributed by atoms with Crippen LogP contribution in [0.5, 0.6) is 0 Å². The van der Waals surface area contributed by atoms with Crippen molar-refractivity contribution in [2.24, 2.45) is 0 Å². The van der Waals surface area contributed by atoms with Gasteiger partial charge in [0.15, 0.2) is 6.61 Å². The molecule has 1 aliphatic rings. The third-order valence-electron chi connectivity index (χ3n) is 4.34. The predicted octanol–water partition coefficient (Wildman–Crippen LogP) is 4.16. The van der Waals surface area contributed by atoms with Gasteiger partial charge >= 0.3 is 18.5 Å². The lowest BCUT2D eigenvalue weighted by atomic mass is 9.84. The Balaban J connectivity index is 2.15. The van der Waals surface area contributed by atoms with E-state index in [1.165, 1.54) is 13.0 Å². The Hall–Kier alpha value is -3.71. The molecule has 0 bridgehead atoms. The van der Waals surface area contributed by atoms with Gasteiger partial charge in [0.1, 0.15) is 17.4 Å². The fourth-order valence-electron chi connectivity index (χ4n) is 3.17. The van der Waals surface area contributed by atoms with Crippen LogP contribution >= 0.6 is 0 Å². The number of nitrogen functional groups attached to an aromatic ring is 2. The normalized spacial score (nSPS) is 16.3. The third-order valence-corrected chi connectivity index (χ3v) is 4.34. The van der Waals surface area contributed by atoms with E-state index in [0.29, 0.717) is 0 Å². The van der Waals surface area contributed by atoms with E-state index in [9.17, 15) is 31.1 Å². The number of benzene rings is 1. The lowest BCUT2D eigenvalue weighted by Crippen LogP contribution is -2.27. The first-order valence-electron chi connectivity index (χ1n) is 8.76. The Morgan fingerprint density at radius 1 is 1.12 bits per heavy atom. The summed E-state index contributed by atoms with van der Waals surface area (Å²) < 4.78 is 87.2. The number of halogens is 6. The van der Waals surface area contributed by atoms with Crippen LogP contribution in [-0.4, -0.2) is 28.9 Å². The molecule has 32 heavy (non-hydrogen) atoms. The van der Waals surface area contributed by atoms with Crippen molar-refractivity contribution in [3.8, 4) is 0 Å². The highest BCUT2D eigenvalue weighted by Crippen LogP contribution is 2.47. The Bertz CT molecular complexity index is 1080. The van der Waals surface area contributed by atoms with Crippen molar-refractivity contribution in [3.05, 3.63) is 52.4 Å². The second kappa shape index (κ2) is 8.09. The van der Waals surface area contributed by atoms with E-state index in [1.807, 2.05) is 0 Å². The van der Waals surface area contributed by atoms with Crippen LogP contribution in [0.3, 0.4) is 0 Å². The van der Waals surface area contributed by atoms with E-state index in [-0.39, 0.29) is 28.8 Å². The largest absolute Gasteiger partial charge is 0.513 e. The fraction of sp³-hybridized carbons (Fsp3) is 0.278. The summed E-state index contributed by atoms with van der Waals surface area (Å²) in [5, 5.41) is 2.66. The van der Waals surface area contributed by atoms with E-state index in [4.69, 9.17) is 16.2 Å². The van der Waals surface area contributed by atoms with Crippen LogP contribution in [0.2, 0.25) is 0 Å². The molecule has 1 aliphatic heterocycles. The van der Waals surface area contributed by atoms with Gasteiger partial charge in [-0.25, -0.2) is 4.79 Å². The number of nitrogens with zero attached hydrogens (tertiary/aromatic N) is 2. The average molecular weight is 463 g/mol. The molecule has 8 nitrogen and oxygen atoms in total. The highest BCUT2D eigenvalue weighted by atomic mass is 19.4. The zero-order chi connectivity index (χ0) is 23.8. The van der Waals surface area contributed by atoms with E-state index in [1.54, 1.807) is 0 Å². The van der Waals surface area contributed by atoms with Crippen molar-refractivity contribution in [1.29, 1.82) is 0 Å². The van der Waals surface area contributed by atoms with E-state index in [2.05, 4.69) is 20.0 Å². The molecule has 1 atom stereocenters. The van der Waals surface area contributed by atoms with Crippen LogP contribution < -0.4 is 16.8 Å². The first-order valence-corrected chi connectivity index (χ1v) is 8.76. The zero-order valence-corrected chi connectivity index (χ0v) is 16.1. The topological polar surface area (TPSA) is 125 Å². The standard InChI is InChI=1S/C18H15F6N5O3/c1-7-12(32-16(30)31-6-17(19,20)21)10(8-4-2-3-5-9(8)18(22,23)24)11-13(25)28-15(26)29-14(11)27-7/h2-5,10H,6H2,1H3,(H5,25,26,27,28,29). The summed E-state index contributed by atoms with van der Waals surface area (Å²) in [6, 6.07) is 4.35. The maximum atomic E-state index is 13.7. The highest BCUT2D eigenvalue weighted by molar-refractivity contribution is 5.71. The summed E-state index contributed by atoms with van der Waals surface area (Å²) in [6.07, 6.45) is -11.4. The van der Waals surface area contributed by atoms with Crippen LogP contribution in [0.25, 0.3) is 0 Å². The molecule has 0 fully saturated rings. The fourth-order valence-corrected chi connectivity index (χ4v) is 3.17. The van der Waals surface area contributed by atoms with Crippen molar-refractivity contribution in [3.63, 3.8) is 0 Å². The smallest absolute Gasteiger partial charge is 0.424 e. The van der Waals surface area contributed by atoms with Crippen LogP contribution in [0.15, 0.2) is 35.7 Å². The van der Waals surface area contributed by atoms with Gasteiger partial charge in [0, 0.05) is 0 Å². The monoisotopic (exact) mass is 463 g/mol. The van der Waals surface area contributed by atoms with Crippen LogP contribution in [-0.2, 0) is 15.7 Å². The highest BCUT2D eigenvalue weighted by Gasteiger charge is 2.41. The van der Waals surface area contributed by atoms with Gasteiger partial charge in [-0.15, -0.1) is 0 Å². The van der Waals surface area contributed by atoms with Crippen molar-refractivity contribution < 1.29 is 40.6 Å². The number of alkyl halides is 6. The van der Waals surface area contributed by atoms with Gasteiger partial charge in [-0.05, 0) is 18.6 Å². The number of aromatic nitrogens is 2. The van der Waals surface area contributed by atoms with Gasteiger partial charge in [0.25, 0.3) is 0 Å². The molecule has 3 rings (SSSR count). The molecule has 1 unspecified atom stereocenters. The van der Waals surface area contributed by atoms with E-state index < -0.39 is 47.9 Å². The summed E-state index contributed by atoms with van der Waals surface area (Å²) in [6.45, 7) is -0.638. The van der Waals surface area contributed by atoms with Gasteiger partial charge in [0.05, 0.1) is 22.7 Å². The predicted molar refractivity (Wildman–Crippen MR) is 99.0 cm³/mol. The van der Waals surface area contributed by atoms with Crippen molar-refractivity contribution in [2.75, 3.05) is 23.4 Å². The van der Waals surface area contributed by atoms with Crippen LogP contribution in [0, 0.1) is 0 Å². The van der Waals surface area contributed by atoms with Gasteiger partial charge in [-0.3, -0.25) is 0 Å². The number of ether oxygens (including phenoxy) is 2. The molecular weight excluding hydrogens is 448 g/mol. The lowest BCUT2D eigenvalue weighted by Gasteiger charge is -2.31. The number of nitrogens with two attached hydrogens (primary N) is 2. The van der Waals surface area contributed by atoms with Crippen molar-refractivity contribution in [2.45, 2.75) is 25.2 Å². The lowest BCUT2D eigenvalue weighted by molar-refractivity contribution is -0.164. The minimum Gasteiger partial charge on any atom is -0.424 e. The second-order valence-electron chi connectivity index (χ2n) is 6.62. The molecule has 172 valence electrons. The zero-order valence-electron chi connectivity index (χ0n) is 16.1. The summed E-state index contributed by atoms with van der Waals surface area (Å²) in [7, 11) is 0. The molecule has 1 aromatic heterocycles. The minimum absolute atomic E-state index is 0.0269. The first kappa shape index (κ1) is 23.0. The summed E-state index contributed by atoms with van der Waals surface area (Å²) in [4.78, 5) is 19.6. The first-order chi connectivity index (χ1) is 14.8. The number of hydrogen-bond donors (Lipinski definition) is 3. The summed E-state index contributed by atoms with van der Waals surface area (Å²) >= 11 is 0. The molecule has 0 amide bonds. The third kappa shape index (κ3) is 4.78. The number of allylic oxidation sites excluding steroid dienone is 2. The quantitative estimate of drug-likeness (QED) is 0.458. The van der Waals surface area contributed by atoms with Gasteiger partial charge in [-0.2, -0.15) is 36.3 Å². The Morgan fingerprint density at radius 3 is 2.41 bits per heavy atom. The number of carbonyl (C=O) groups excluding carboxylic acids is 1. The molecule has 1 aromatic carbocycles. The Kier molecular flexibility index (Phi) is 5.80. The number of anilines is 3. The number of fused-ring (bicyclic) bond motifs is 1. The maximum Gasteiger partial charge on any atom is 0.513 e. The number of rotatable bonds is 3. The van der Waals surface area contributed by atoms with Crippen molar-refractivity contribution >= 4 is 23.7 Å². The molecular formula is C18H15F6N5O3. The molecule has 2 aromatic rings. The van der Waals surface area contributed by atoms with E-state index in [0.717, 1.165) is 18.2 Å². The molecule has 14 heteroatoms. The number of hydrogen-bond acceptors (Lipinski definition) is 8. The molecule has 0 saturated carbocycles. The molecule has 5 N–H and O–H groups in total. The molecule has 0 saturated heterocycles. The van der Waals surface area contributed by atoms with Gasteiger partial charge in [0.2, 0.25) is 5.95 Å². The summed E-state index contributed by atoms with van der Waals surface area (Å²) in [5.41, 5.74) is 9.81. The molecule has 0 aliphatic carbocycles. The summed E-state index contributed by atoms with van der Waals surface area (Å²) in [5.74, 6) is -2.63. The number of nitrogens with one attached hydrogen (secondary N) is 1. The molecule has 0 spiro atoms. The molecule has 0 radical (unpaired) electrons. The minimum atomic E-state index is -4.84. The maximum absolute atomic E-state index is 13.7. The van der Waals surface area contributed by atoms with E-state index >= 15 is 0 Å².